The van der Waals surface area contributed by atoms with Gasteiger partial charge in [-0.15, -0.1) is 11.3 Å². The number of thiazole rings is 1. The second kappa shape index (κ2) is 11.1. The Bertz CT molecular complexity index is 1780. The summed E-state index contributed by atoms with van der Waals surface area (Å²) in [6.07, 6.45) is 5.35. The van der Waals surface area contributed by atoms with Crippen LogP contribution in [0.15, 0.2) is 59.7 Å². The lowest BCUT2D eigenvalue weighted by atomic mass is 9.90. The molecule has 5 aromatic rings. The van der Waals surface area contributed by atoms with Crippen LogP contribution in [0.2, 0.25) is 5.02 Å². The molecule has 2 N–H and O–H groups in total. The van der Waals surface area contributed by atoms with Crippen molar-refractivity contribution in [2.24, 2.45) is 0 Å². The van der Waals surface area contributed by atoms with Crippen molar-refractivity contribution in [1.29, 1.82) is 0 Å². The molecule has 1 fully saturated rings. The van der Waals surface area contributed by atoms with Crippen molar-refractivity contribution in [2.45, 2.75) is 39.2 Å². The number of aromatic nitrogens is 4. The number of hydrogen-bond acceptors (Lipinski definition) is 7. The van der Waals surface area contributed by atoms with E-state index in [0.717, 1.165) is 46.9 Å². The molecule has 0 radical (unpaired) electrons. The van der Waals surface area contributed by atoms with E-state index in [1.54, 1.807) is 28.2 Å². The summed E-state index contributed by atoms with van der Waals surface area (Å²) in [7, 11) is 0. The predicted molar refractivity (Wildman–Crippen MR) is 160 cm³/mol. The molecule has 1 aliphatic rings. The van der Waals surface area contributed by atoms with Crippen LogP contribution in [0.4, 0.5) is 16.0 Å². The molecule has 0 atom stereocenters. The molecule has 10 heteroatoms. The number of fused-ring (bicyclic) bond motifs is 1. The zero-order valence-corrected chi connectivity index (χ0v) is 23.7. The largest absolute Gasteiger partial charge is 0.324 e. The van der Waals surface area contributed by atoms with E-state index in [1.807, 2.05) is 50.4 Å². The number of benzene rings is 2. The van der Waals surface area contributed by atoms with Crippen LogP contribution in [0.25, 0.3) is 32.6 Å². The number of aryl methyl sites for hydroxylation is 2. The highest BCUT2D eigenvalue weighted by molar-refractivity contribution is 7.15. The van der Waals surface area contributed by atoms with Crippen LogP contribution in [0.5, 0.6) is 0 Å². The van der Waals surface area contributed by atoms with Crippen molar-refractivity contribution in [3.8, 4) is 21.6 Å². The summed E-state index contributed by atoms with van der Waals surface area (Å²) in [5.74, 6) is 0.279. The van der Waals surface area contributed by atoms with Crippen LogP contribution in [0.1, 0.15) is 36.3 Å². The lowest BCUT2D eigenvalue weighted by Gasteiger charge is -2.23. The Morgan fingerprint density at radius 2 is 1.93 bits per heavy atom. The number of rotatable bonds is 6. The summed E-state index contributed by atoms with van der Waals surface area (Å²) in [5.41, 5.74) is 3.68. The summed E-state index contributed by atoms with van der Waals surface area (Å²) in [4.78, 5) is 28.0. The average Bonchev–Trinajstić information content (AvgIpc) is 3.40. The number of piperidine rings is 1. The van der Waals surface area contributed by atoms with E-state index in [4.69, 9.17) is 11.6 Å². The van der Waals surface area contributed by atoms with Gasteiger partial charge in [0.15, 0.2) is 0 Å². The molecule has 3 aromatic heterocycles. The zero-order valence-electron chi connectivity index (χ0n) is 22.2. The Labute approximate surface area is 240 Å². The van der Waals surface area contributed by atoms with Crippen LogP contribution in [-0.4, -0.2) is 32.6 Å². The summed E-state index contributed by atoms with van der Waals surface area (Å²) in [6.45, 7) is 6.07. The van der Waals surface area contributed by atoms with E-state index >= 15 is 0 Å². The highest BCUT2D eigenvalue weighted by Crippen LogP contribution is 2.34. The molecule has 6 rings (SSSR count). The van der Waals surface area contributed by atoms with Crippen molar-refractivity contribution >= 4 is 45.6 Å². The summed E-state index contributed by atoms with van der Waals surface area (Å²) >= 11 is 8.28. The molecular weight excluding hydrogens is 547 g/mol. The van der Waals surface area contributed by atoms with Gasteiger partial charge in [-0.25, -0.2) is 14.4 Å². The first kappa shape index (κ1) is 26.6. The first-order valence-corrected chi connectivity index (χ1v) is 14.5. The van der Waals surface area contributed by atoms with Gasteiger partial charge in [-0.2, -0.15) is 4.98 Å². The maximum Gasteiger partial charge on any atom is 0.260 e. The number of anilines is 2. The second-order valence-electron chi connectivity index (χ2n) is 9.90. The average molecular weight is 575 g/mol. The fourth-order valence-electron chi connectivity index (χ4n) is 5.29. The lowest BCUT2D eigenvalue weighted by molar-refractivity contribution is 0.445. The lowest BCUT2D eigenvalue weighted by Crippen LogP contribution is -2.27. The Balaban J connectivity index is 1.32. The molecule has 40 heavy (non-hydrogen) atoms. The van der Waals surface area contributed by atoms with E-state index < -0.39 is 0 Å². The third-order valence-electron chi connectivity index (χ3n) is 7.34. The number of halogens is 2. The van der Waals surface area contributed by atoms with Crippen LogP contribution >= 0.6 is 22.9 Å². The first-order chi connectivity index (χ1) is 19.4. The standard InChI is InChI=1S/C30H28ClFN6OS/c1-3-38-28-20(12-24(29(38)39)23-6-4-19(13-25(23)31)27-16-34-17(2)40-27)15-35-30(37-28)36-21-5-7-22(26(32)14-21)18-8-10-33-11-9-18/h4-7,12-16,18,33H,3,8-11H2,1-2H3,(H,35,36,37). The molecule has 1 aliphatic heterocycles. The SMILES string of the molecule is CCn1c(=O)c(-c2ccc(-c3cnc(C)s3)cc2Cl)cc2cnc(Nc3ccc(C4CCNCC4)c(F)c3)nc21. The summed E-state index contributed by atoms with van der Waals surface area (Å²) in [5, 5.41) is 8.58. The zero-order chi connectivity index (χ0) is 27.8. The Kier molecular flexibility index (Phi) is 7.35. The highest BCUT2D eigenvalue weighted by atomic mass is 35.5. The Morgan fingerprint density at radius 1 is 1.10 bits per heavy atom. The first-order valence-electron chi connectivity index (χ1n) is 13.3. The van der Waals surface area contributed by atoms with Crippen molar-refractivity contribution in [1.82, 2.24) is 24.8 Å². The van der Waals surface area contributed by atoms with Gasteiger partial charge in [0.05, 0.1) is 9.88 Å². The van der Waals surface area contributed by atoms with Gasteiger partial charge in [0.25, 0.3) is 5.56 Å². The van der Waals surface area contributed by atoms with Gasteiger partial charge in [-0.05, 0) is 81.1 Å². The minimum atomic E-state index is -0.235. The van der Waals surface area contributed by atoms with Crippen molar-refractivity contribution in [3.63, 3.8) is 0 Å². The normalized spacial score (nSPS) is 14.1. The van der Waals surface area contributed by atoms with Gasteiger partial charge in [0.1, 0.15) is 11.5 Å². The maximum atomic E-state index is 15.0. The molecule has 0 amide bonds. The third kappa shape index (κ3) is 5.12. The smallest absolute Gasteiger partial charge is 0.260 e. The van der Waals surface area contributed by atoms with Crippen LogP contribution in [-0.2, 0) is 6.54 Å². The van der Waals surface area contributed by atoms with Gasteiger partial charge < -0.3 is 10.6 Å². The van der Waals surface area contributed by atoms with Gasteiger partial charge in [0.2, 0.25) is 5.95 Å². The van der Waals surface area contributed by atoms with E-state index in [2.05, 4.69) is 25.6 Å². The maximum absolute atomic E-state index is 15.0. The van der Waals surface area contributed by atoms with Crippen LogP contribution < -0.4 is 16.2 Å². The summed E-state index contributed by atoms with van der Waals surface area (Å²) < 4.78 is 16.6. The molecule has 2 aromatic carbocycles. The Morgan fingerprint density at radius 3 is 2.62 bits per heavy atom. The molecule has 0 unspecified atom stereocenters. The molecule has 1 saturated heterocycles. The van der Waals surface area contributed by atoms with E-state index in [0.29, 0.717) is 39.4 Å². The number of nitrogens with zero attached hydrogens (tertiary/aromatic N) is 4. The molecule has 0 saturated carbocycles. The van der Waals surface area contributed by atoms with Crippen LogP contribution in [0.3, 0.4) is 0 Å². The minimum Gasteiger partial charge on any atom is -0.324 e. The van der Waals surface area contributed by atoms with Gasteiger partial charge in [0, 0.05) is 46.2 Å². The minimum absolute atomic E-state index is 0.194. The quantitative estimate of drug-likeness (QED) is 0.229. The van der Waals surface area contributed by atoms with Gasteiger partial charge >= 0.3 is 0 Å². The number of pyridine rings is 1. The predicted octanol–water partition coefficient (Wildman–Crippen LogP) is 6.91. The molecular formula is C30H28ClFN6OS. The van der Waals surface area contributed by atoms with Crippen molar-refractivity contribution in [2.75, 3.05) is 18.4 Å². The molecule has 204 valence electrons. The van der Waals surface area contributed by atoms with Gasteiger partial charge in [-0.3, -0.25) is 9.36 Å². The Hall–Kier alpha value is -3.66. The van der Waals surface area contributed by atoms with Gasteiger partial charge in [-0.1, -0.05) is 29.8 Å². The number of nitrogens with one attached hydrogen (secondary N) is 2. The topological polar surface area (TPSA) is 84.7 Å². The second-order valence-corrected chi connectivity index (χ2v) is 11.5. The molecule has 0 spiro atoms. The molecule has 7 nitrogen and oxygen atoms in total. The van der Waals surface area contributed by atoms with E-state index in [9.17, 15) is 9.18 Å². The fraction of sp³-hybridized carbons (Fsp3) is 0.267. The fourth-order valence-corrected chi connectivity index (χ4v) is 6.34. The number of hydrogen-bond donors (Lipinski definition) is 2. The van der Waals surface area contributed by atoms with Crippen LogP contribution in [0, 0.1) is 12.7 Å². The monoisotopic (exact) mass is 574 g/mol. The molecule has 4 heterocycles. The van der Waals surface area contributed by atoms with E-state index in [1.165, 1.54) is 6.07 Å². The molecule has 0 bridgehead atoms. The third-order valence-corrected chi connectivity index (χ3v) is 8.62. The van der Waals surface area contributed by atoms with E-state index in [-0.39, 0.29) is 23.2 Å². The summed E-state index contributed by atoms with van der Waals surface area (Å²) in [6, 6.07) is 12.6. The van der Waals surface area contributed by atoms with Crippen molar-refractivity contribution in [3.05, 3.63) is 86.6 Å². The molecule has 0 aliphatic carbocycles. The highest BCUT2D eigenvalue weighted by Gasteiger charge is 2.19. The van der Waals surface area contributed by atoms with Crippen molar-refractivity contribution < 1.29 is 4.39 Å².